The van der Waals surface area contributed by atoms with Crippen LogP contribution in [0.25, 0.3) is 0 Å². The van der Waals surface area contributed by atoms with Crippen LogP contribution in [0.1, 0.15) is 0 Å². The molecular formula is C9H11PS. The number of terminal acetylenes is 2. The average molecular weight is 182 g/mol. The monoisotopic (exact) mass is 182 g/mol. The van der Waals surface area contributed by atoms with Crippen LogP contribution in [0.2, 0.25) is 0 Å². The zero-order valence-corrected chi connectivity index (χ0v) is 8.29. The van der Waals surface area contributed by atoms with Crippen molar-refractivity contribution in [3.05, 3.63) is 0 Å². The molecule has 0 aromatic heterocycles. The second-order valence-corrected chi connectivity index (χ2v) is 9.18. The summed E-state index contributed by atoms with van der Waals surface area (Å²) in [6, 6.07) is -1.14. The molecule has 1 saturated heterocycles. The highest BCUT2D eigenvalue weighted by atomic mass is 32.4. The van der Waals surface area contributed by atoms with E-state index in [-0.39, 0.29) is 11.8 Å². The van der Waals surface area contributed by atoms with Gasteiger partial charge < -0.3 is 0 Å². The SMILES string of the molecule is C#CC1CP(C)(=S)CC1C#C. The Bertz CT molecular complexity index is 253. The van der Waals surface area contributed by atoms with Crippen LogP contribution in [-0.4, -0.2) is 19.0 Å². The molecule has 0 N–H and O–H groups in total. The summed E-state index contributed by atoms with van der Waals surface area (Å²) in [5.41, 5.74) is 0. The Balaban J connectivity index is 2.82. The average Bonchev–Trinajstić information content (AvgIpc) is 2.25. The highest BCUT2D eigenvalue weighted by Gasteiger charge is 2.33. The second-order valence-electron chi connectivity index (χ2n) is 3.21. The zero-order chi connectivity index (χ0) is 8.48. The van der Waals surface area contributed by atoms with Gasteiger partial charge in [0.25, 0.3) is 0 Å². The van der Waals surface area contributed by atoms with Crippen molar-refractivity contribution >= 4 is 17.8 Å². The number of rotatable bonds is 0. The molecule has 1 rings (SSSR count). The van der Waals surface area contributed by atoms with E-state index in [2.05, 4.69) is 18.5 Å². The van der Waals surface area contributed by atoms with Gasteiger partial charge in [0.05, 0.1) is 0 Å². The van der Waals surface area contributed by atoms with Gasteiger partial charge in [0, 0.05) is 11.8 Å². The predicted octanol–water partition coefficient (Wildman–Crippen LogP) is 1.61. The van der Waals surface area contributed by atoms with Gasteiger partial charge in [-0.1, -0.05) is 11.8 Å². The van der Waals surface area contributed by atoms with Crippen LogP contribution in [-0.2, 0) is 11.8 Å². The third kappa shape index (κ3) is 1.87. The van der Waals surface area contributed by atoms with Crippen molar-refractivity contribution in [2.75, 3.05) is 19.0 Å². The molecule has 1 fully saturated rings. The van der Waals surface area contributed by atoms with E-state index in [1.54, 1.807) is 0 Å². The molecule has 0 aromatic rings. The van der Waals surface area contributed by atoms with Crippen LogP contribution < -0.4 is 0 Å². The van der Waals surface area contributed by atoms with Gasteiger partial charge in [0.2, 0.25) is 0 Å². The van der Waals surface area contributed by atoms with Crippen LogP contribution in [0.15, 0.2) is 0 Å². The van der Waals surface area contributed by atoms with Gasteiger partial charge in [0.15, 0.2) is 0 Å². The Morgan fingerprint density at radius 1 is 1.27 bits per heavy atom. The van der Waals surface area contributed by atoms with Gasteiger partial charge in [0.1, 0.15) is 0 Å². The summed E-state index contributed by atoms with van der Waals surface area (Å²) in [6.07, 6.45) is 12.7. The molecule has 1 aliphatic rings. The predicted molar refractivity (Wildman–Crippen MR) is 54.6 cm³/mol. The lowest BCUT2D eigenvalue weighted by Crippen LogP contribution is -2.06. The summed E-state index contributed by atoms with van der Waals surface area (Å²) in [6.45, 7) is 2.16. The first-order valence-electron chi connectivity index (χ1n) is 3.57. The lowest BCUT2D eigenvalue weighted by atomic mass is 9.98. The Kier molecular flexibility index (Phi) is 2.43. The van der Waals surface area contributed by atoms with Gasteiger partial charge in [-0.15, -0.1) is 24.7 Å². The molecule has 2 heteroatoms. The third-order valence-corrected chi connectivity index (χ3v) is 5.31. The fraction of sp³-hybridized carbons (Fsp3) is 0.556. The Hall–Kier alpha value is -0.230. The molecule has 0 bridgehead atoms. The number of hydrogen-bond donors (Lipinski definition) is 0. The smallest absolute Gasteiger partial charge is 0.0387 e. The summed E-state index contributed by atoms with van der Waals surface area (Å²) in [4.78, 5) is 0. The molecule has 0 spiro atoms. The van der Waals surface area contributed by atoms with E-state index in [9.17, 15) is 0 Å². The molecular weight excluding hydrogens is 171 g/mol. The highest BCUT2D eigenvalue weighted by molar-refractivity contribution is 8.14. The summed E-state index contributed by atoms with van der Waals surface area (Å²) >= 11 is 5.42. The standard InChI is InChI=1S/C9H11PS/c1-4-8-6-10(3,11)7-9(8)5-2/h1-2,8-9H,6-7H2,3H3. The summed E-state index contributed by atoms with van der Waals surface area (Å²) < 4.78 is 0. The molecule has 0 aliphatic carbocycles. The van der Waals surface area contributed by atoms with Crippen LogP contribution >= 0.6 is 6.04 Å². The number of hydrogen-bond acceptors (Lipinski definition) is 1. The van der Waals surface area contributed by atoms with Gasteiger partial charge in [-0.2, -0.15) is 0 Å². The molecule has 0 amide bonds. The van der Waals surface area contributed by atoms with Gasteiger partial charge in [-0.25, -0.2) is 0 Å². The minimum atomic E-state index is -1.14. The Morgan fingerprint density at radius 2 is 1.64 bits per heavy atom. The summed E-state index contributed by atoms with van der Waals surface area (Å²) in [5.74, 6) is 6.00. The van der Waals surface area contributed by atoms with Crippen molar-refractivity contribution in [2.45, 2.75) is 0 Å². The molecule has 1 heterocycles. The van der Waals surface area contributed by atoms with Crippen molar-refractivity contribution in [1.29, 1.82) is 0 Å². The van der Waals surface area contributed by atoms with Crippen molar-refractivity contribution in [2.24, 2.45) is 11.8 Å². The van der Waals surface area contributed by atoms with Crippen LogP contribution in [0.3, 0.4) is 0 Å². The molecule has 0 saturated carbocycles. The van der Waals surface area contributed by atoms with E-state index in [0.29, 0.717) is 0 Å². The molecule has 0 nitrogen and oxygen atoms in total. The van der Waals surface area contributed by atoms with Crippen molar-refractivity contribution in [3.8, 4) is 24.7 Å². The fourth-order valence-electron chi connectivity index (χ4n) is 1.50. The molecule has 1 aliphatic heterocycles. The Morgan fingerprint density at radius 3 is 1.91 bits per heavy atom. The minimum absolute atomic E-state index is 0.260. The highest BCUT2D eigenvalue weighted by Crippen LogP contribution is 2.53. The molecule has 11 heavy (non-hydrogen) atoms. The minimum Gasteiger partial charge on any atom is -0.120 e. The molecule has 2 unspecified atom stereocenters. The van der Waals surface area contributed by atoms with Gasteiger partial charge >= 0.3 is 0 Å². The lowest BCUT2D eigenvalue weighted by molar-refractivity contribution is 0.642. The zero-order valence-electron chi connectivity index (χ0n) is 6.58. The van der Waals surface area contributed by atoms with E-state index in [1.165, 1.54) is 0 Å². The first-order chi connectivity index (χ1) is 5.09. The molecule has 2 atom stereocenters. The van der Waals surface area contributed by atoms with E-state index in [0.717, 1.165) is 12.3 Å². The topological polar surface area (TPSA) is 0 Å². The van der Waals surface area contributed by atoms with E-state index >= 15 is 0 Å². The third-order valence-electron chi connectivity index (χ3n) is 2.08. The summed E-state index contributed by atoms with van der Waals surface area (Å²) in [5, 5.41) is 0. The van der Waals surface area contributed by atoms with Crippen molar-refractivity contribution in [3.63, 3.8) is 0 Å². The molecule has 0 aromatic carbocycles. The maximum Gasteiger partial charge on any atom is 0.0387 e. The summed E-state index contributed by atoms with van der Waals surface area (Å²) in [7, 11) is 0. The maximum absolute atomic E-state index is 5.42. The molecule has 58 valence electrons. The second kappa shape index (κ2) is 3.02. The van der Waals surface area contributed by atoms with Gasteiger partial charge in [-0.05, 0) is 25.0 Å². The quantitative estimate of drug-likeness (QED) is 0.405. The maximum atomic E-state index is 5.42. The van der Waals surface area contributed by atoms with Gasteiger partial charge in [-0.3, -0.25) is 0 Å². The molecule has 0 radical (unpaired) electrons. The van der Waals surface area contributed by atoms with E-state index in [4.69, 9.17) is 24.7 Å². The van der Waals surface area contributed by atoms with Crippen LogP contribution in [0.5, 0.6) is 0 Å². The van der Waals surface area contributed by atoms with Crippen LogP contribution in [0, 0.1) is 36.5 Å². The largest absolute Gasteiger partial charge is 0.120 e. The van der Waals surface area contributed by atoms with Crippen molar-refractivity contribution in [1.82, 2.24) is 0 Å². The van der Waals surface area contributed by atoms with E-state index < -0.39 is 6.04 Å². The lowest BCUT2D eigenvalue weighted by Gasteiger charge is -2.03. The van der Waals surface area contributed by atoms with Crippen molar-refractivity contribution < 1.29 is 0 Å². The first-order valence-corrected chi connectivity index (χ1v) is 7.19. The first kappa shape index (κ1) is 8.86. The normalized spacial score (nSPS) is 42.8. The fourth-order valence-corrected chi connectivity index (χ4v) is 5.00. The van der Waals surface area contributed by atoms with Crippen LogP contribution in [0.4, 0.5) is 0 Å². The Labute approximate surface area is 73.8 Å². The van der Waals surface area contributed by atoms with E-state index in [1.807, 2.05) is 0 Å².